The van der Waals surface area contributed by atoms with Crippen LogP contribution in [0.25, 0.3) is 11.0 Å². The number of hydrogen-bond acceptors (Lipinski definition) is 4. The van der Waals surface area contributed by atoms with Gasteiger partial charge in [-0.2, -0.15) is 4.31 Å². The largest absolute Gasteiger partial charge is 0.326 e. The van der Waals surface area contributed by atoms with Gasteiger partial charge in [-0.3, -0.25) is 4.79 Å². The Morgan fingerprint density at radius 1 is 1.06 bits per heavy atom. The van der Waals surface area contributed by atoms with Crippen LogP contribution in [-0.2, 0) is 21.2 Å². The van der Waals surface area contributed by atoms with Gasteiger partial charge in [0.15, 0.2) is 0 Å². The molecule has 186 valence electrons. The first-order valence-corrected chi connectivity index (χ1v) is 14.2. The van der Waals surface area contributed by atoms with Crippen molar-refractivity contribution in [1.82, 2.24) is 13.9 Å². The van der Waals surface area contributed by atoms with Crippen molar-refractivity contribution in [1.29, 1.82) is 0 Å². The number of rotatable bonds is 6. The smallest absolute Gasteiger partial charge is 0.243 e. The molecule has 8 heteroatoms. The molecule has 0 atom stereocenters. The van der Waals surface area contributed by atoms with Crippen LogP contribution in [0.3, 0.4) is 0 Å². The molecule has 5 rings (SSSR count). The number of aromatic nitrogens is 2. The number of carbonyl (C=O) groups excluding carboxylic acids is 1. The molecular weight excluding hydrogens is 460 g/mol. The first kappa shape index (κ1) is 24.0. The molecule has 2 fully saturated rings. The minimum absolute atomic E-state index is 0.0303. The van der Waals surface area contributed by atoms with Gasteiger partial charge in [0.2, 0.25) is 15.9 Å². The molecular formula is C27H34N4O3S. The molecule has 1 saturated carbocycles. The molecule has 0 bridgehead atoms. The van der Waals surface area contributed by atoms with Crippen LogP contribution in [0.2, 0.25) is 0 Å². The number of aryl methyl sites for hydroxylation is 2. The molecule has 35 heavy (non-hydrogen) atoms. The average molecular weight is 495 g/mol. The van der Waals surface area contributed by atoms with Gasteiger partial charge in [-0.1, -0.05) is 38.0 Å². The fourth-order valence-corrected chi connectivity index (χ4v) is 7.17. The Kier molecular flexibility index (Phi) is 6.68. The molecule has 2 aromatic carbocycles. The number of sulfonamides is 1. The maximum atomic E-state index is 13.4. The van der Waals surface area contributed by atoms with E-state index in [1.807, 2.05) is 37.3 Å². The molecule has 3 aromatic rings. The molecule has 2 aliphatic rings. The van der Waals surface area contributed by atoms with Crippen LogP contribution in [0.5, 0.6) is 0 Å². The van der Waals surface area contributed by atoms with E-state index in [1.165, 1.54) is 17.1 Å². The first-order valence-electron chi connectivity index (χ1n) is 12.8. The Hall–Kier alpha value is -2.71. The number of amides is 1. The molecule has 1 amide bonds. The van der Waals surface area contributed by atoms with E-state index in [9.17, 15) is 13.2 Å². The normalized spacial score (nSPS) is 18.3. The second-order valence-electron chi connectivity index (χ2n) is 9.80. The summed E-state index contributed by atoms with van der Waals surface area (Å²) in [6, 6.07) is 13.6. The van der Waals surface area contributed by atoms with E-state index < -0.39 is 10.0 Å². The molecule has 1 N–H and O–H groups in total. The van der Waals surface area contributed by atoms with Crippen molar-refractivity contribution in [3.63, 3.8) is 0 Å². The van der Waals surface area contributed by atoms with E-state index in [1.54, 1.807) is 12.1 Å². The third-order valence-corrected chi connectivity index (χ3v) is 9.54. The lowest BCUT2D eigenvalue weighted by Gasteiger charge is -2.30. The van der Waals surface area contributed by atoms with Gasteiger partial charge in [-0.05, 0) is 68.9 Å². The fraction of sp³-hybridized carbons (Fsp3) is 0.481. The Labute approximate surface area is 207 Å². The van der Waals surface area contributed by atoms with E-state index in [0.717, 1.165) is 47.4 Å². The maximum absolute atomic E-state index is 13.4. The minimum atomic E-state index is -3.64. The average Bonchev–Trinajstić information content (AvgIpc) is 3.50. The summed E-state index contributed by atoms with van der Waals surface area (Å²) in [4.78, 5) is 17.8. The standard InChI is InChI=1S/C27H34N4O3S/c1-3-20-8-4-7-11-24(20)29-27(32)21-14-16-30(17-15-21)35(33,34)23-12-13-26-25(18-23)28-19(2)31(26)22-9-5-6-10-22/h4,7-8,11-13,18,21-22H,3,5-6,9-10,14-17H2,1-2H3,(H,29,32). The summed E-state index contributed by atoms with van der Waals surface area (Å²) < 4.78 is 30.6. The fourth-order valence-electron chi connectivity index (χ4n) is 5.68. The number of imidazole rings is 1. The zero-order valence-corrected chi connectivity index (χ0v) is 21.4. The third-order valence-electron chi connectivity index (χ3n) is 7.65. The van der Waals surface area contributed by atoms with Crippen LogP contribution in [-0.4, -0.2) is 41.3 Å². The quantitative estimate of drug-likeness (QED) is 0.519. The number of nitrogens with one attached hydrogen (secondary N) is 1. The summed E-state index contributed by atoms with van der Waals surface area (Å²) in [5.74, 6) is 0.716. The SMILES string of the molecule is CCc1ccccc1NC(=O)C1CCN(S(=O)(=O)c2ccc3c(c2)nc(C)n3C2CCCC2)CC1. The van der Waals surface area contributed by atoms with Crippen molar-refractivity contribution in [2.75, 3.05) is 18.4 Å². The van der Waals surface area contributed by atoms with E-state index in [0.29, 0.717) is 32.0 Å². The van der Waals surface area contributed by atoms with Crippen molar-refractivity contribution in [2.24, 2.45) is 5.92 Å². The van der Waals surface area contributed by atoms with Crippen LogP contribution in [0.15, 0.2) is 47.4 Å². The summed E-state index contributed by atoms with van der Waals surface area (Å²) in [5.41, 5.74) is 3.69. The second kappa shape index (κ2) is 9.74. The number of fused-ring (bicyclic) bond motifs is 1. The lowest BCUT2D eigenvalue weighted by atomic mass is 9.97. The summed E-state index contributed by atoms with van der Waals surface area (Å²) >= 11 is 0. The Balaban J connectivity index is 1.28. The van der Waals surface area contributed by atoms with Crippen LogP contribution >= 0.6 is 0 Å². The number of carbonyl (C=O) groups is 1. The van der Waals surface area contributed by atoms with Gasteiger partial charge in [0.05, 0.1) is 15.9 Å². The lowest BCUT2D eigenvalue weighted by Crippen LogP contribution is -2.41. The minimum Gasteiger partial charge on any atom is -0.326 e. The number of hydrogen-bond donors (Lipinski definition) is 1. The monoisotopic (exact) mass is 494 g/mol. The highest BCUT2D eigenvalue weighted by Gasteiger charge is 2.33. The molecule has 1 aromatic heterocycles. The van der Waals surface area contributed by atoms with E-state index in [-0.39, 0.29) is 16.7 Å². The Morgan fingerprint density at radius 3 is 2.49 bits per heavy atom. The highest BCUT2D eigenvalue weighted by molar-refractivity contribution is 7.89. The van der Waals surface area contributed by atoms with Crippen LogP contribution < -0.4 is 5.32 Å². The molecule has 7 nitrogen and oxygen atoms in total. The van der Waals surface area contributed by atoms with Gasteiger partial charge in [0.25, 0.3) is 0 Å². The summed E-state index contributed by atoms with van der Waals surface area (Å²) in [5, 5.41) is 3.05. The van der Waals surface area contributed by atoms with Gasteiger partial charge in [-0.15, -0.1) is 0 Å². The highest BCUT2D eigenvalue weighted by Crippen LogP contribution is 2.34. The number of piperidine rings is 1. The van der Waals surface area contributed by atoms with E-state index in [2.05, 4.69) is 16.8 Å². The molecule has 0 radical (unpaired) electrons. The van der Waals surface area contributed by atoms with Crippen molar-refractivity contribution >= 4 is 32.7 Å². The third kappa shape index (κ3) is 4.61. The summed E-state index contributed by atoms with van der Waals surface area (Å²) in [6.07, 6.45) is 6.63. The Bertz CT molecular complexity index is 1330. The van der Waals surface area contributed by atoms with Gasteiger partial charge < -0.3 is 9.88 Å². The van der Waals surface area contributed by atoms with Crippen molar-refractivity contribution in [2.45, 2.75) is 69.7 Å². The zero-order valence-electron chi connectivity index (χ0n) is 20.5. The van der Waals surface area contributed by atoms with Crippen molar-refractivity contribution in [3.8, 4) is 0 Å². The number of benzene rings is 2. The van der Waals surface area contributed by atoms with Crippen LogP contribution in [0.1, 0.15) is 62.9 Å². The van der Waals surface area contributed by atoms with E-state index >= 15 is 0 Å². The predicted octanol–water partition coefficient (Wildman–Crippen LogP) is 5.06. The van der Waals surface area contributed by atoms with Gasteiger partial charge in [0.1, 0.15) is 5.82 Å². The molecule has 1 saturated heterocycles. The van der Waals surface area contributed by atoms with Crippen LogP contribution in [0.4, 0.5) is 5.69 Å². The molecule has 1 aliphatic heterocycles. The van der Waals surface area contributed by atoms with Gasteiger partial charge in [0, 0.05) is 30.7 Å². The van der Waals surface area contributed by atoms with Crippen molar-refractivity contribution < 1.29 is 13.2 Å². The predicted molar refractivity (Wildman–Crippen MR) is 138 cm³/mol. The van der Waals surface area contributed by atoms with E-state index in [4.69, 9.17) is 4.98 Å². The van der Waals surface area contributed by atoms with Crippen molar-refractivity contribution in [3.05, 3.63) is 53.9 Å². The molecule has 1 aliphatic carbocycles. The second-order valence-corrected chi connectivity index (χ2v) is 11.7. The van der Waals surface area contributed by atoms with Gasteiger partial charge >= 0.3 is 0 Å². The number of anilines is 1. The summed E-state index contributed by atoms with van der Waals surface area (Å²) in [6.45, 7) is 4.74. The Morgan fingerprint density at radius 2 is 1.77 bits per heavy atom. The zero-order chi connectivity index (χ0) is 24.6. The number of nitrogens with zero attached hydrogens (tertiary/aromatic N) is 3. The topological polar surface area (TPSA) is 84.3 Å². The first-order chi connectivity index (χ1) is 16.9. The summed E-state index contributed by atoms with van der Waals surface area (Å²) in [7, 11) is -3.64. The molecule has 2 heterocycles. The van der Waals surface area contributed by atoms with Gasteiger partial charge in [-0.25, -0.2) is 13.4 Å². The van der Waals surface area contributed by atoms with Crippen LogP contribution in [0, 0.1) is 12.8 Å². The highest BCUT2D eigenvalue weighted by atomic mass is 32.2. The molecule has 0 unspecified atom stereocenters. The lowest BCUT2D eigenvalue weighted by molar-refractivity contribution is -0.120. The maximum Gasteiger partial charge on any atom is 0.243 e. The molecule has 0 spiro atoms. The number of para-hydroxylation sites is 1.